The number of aryl methyl sites for hydroxylation is 1. The van der Waals surface area contributed by atoms with E-state index in [1.165, 1.54) is 6.07 Å². The first-order valence-electron chi connectivity index (χ1n) is 9.23. The average Bonchev–Trinajstić information content (AvgIpc) is 2.68. The molecule has 0 bridgehead atoms. The van der Waals surface area contributed by atoms with E-state index in [0.29, 0.717) is 30.9 Å². The smallest absolute Gasteiger partial charge is 0.322 e. The van der Waals surface area contributed by atoms with Crippen LogP contribution in [0.25, 0.3) is 0 Å². The molecule has 2 aromatic rings. The van der Waals surface area contributed by atoms with Gasteiger partial charge in [0.05, 0.1) is 12.8 Å². The van der Waals surface area contributed by atoms with Crippen LogP contribution in [0.5, 0.6) is 5.75 Å². The van der Waals surface area contributed by atoms with E-state index in [2.05, 4.69) is 10.2 Å². The van der Waals surface area contributed by atoms with E-state index >= 15 is 0 Å². The topological polar surface area (TPSA) is 44.8 Å². The molecular formula is C21H26FN3O2. The summed E-state index contributed by atoms with van der Waals surface area (Å²) in [7, 11) is 1.59. The molecule has 0 aliphatic carbocycles. The summed E-state index contributed by atoms with van der Waals surface area (Å²) in [6.45, 7) is 5.64. The van der Waals surface area contributed by atoms with E-state index in [1.807, 2.05) is 37.3 Å². The largest absolute Gasteiger partial charge is 0.495 e. The number of halogens is 1. The van der Waals surface area contributed by atoms with Crippen molar-refractivity contribution in [1.82, 2.24) is 9.80 Å². The van der Waals surface area contributed by atoms with Crippen molar-refractivity contribution in [2.75, 3.05) is 45.2 Å². The number of amides is 2. The zero-order valence-electron chi connectivity index (χ0n) is 15.9. The quantitative estimate of drug-likeness (QED) is 0.874. The van der Waals surface area contributed by atoms with Crippen molar-refractivity contribution in [3.63, 3.8) is 0 Å². The molecule has 27 heavy (non-hydrogen) atoms. The lowest BCUT2D eigenvalue weighted by Gasteiger charge is -2.34. The van der Waals surface area contributed by atoms with Crippen molar-refractivity contribution >= 4 is 11.7 Å². The highest BCUT2D eigenvalue weighted by molar-refractivity contribution is 5.91. The van der Waals surface area contributed by atoms with E-state index < -0.39 is 0 Å². The first kappa shape index (κ1) is 19.2. The fourth-order valence-electron chi connectivity index (χ4n) is 3.27. The van der Waals surface area contributed by atoms with Gasteiger partial charge < -0.3 is 15.0 Å². The predicted molar refractivity (Wildman–Crippen MR) is 105 cm³/mol. The lowest BCUT2D eigenvalue weighted by atomic mass is 10.1. The number of benzene rings is 2. The maximum atomic E-state index is 13.7. The van der Waals surface area contributed by atoms with Gasteiger partial charge in [-0.3, -0.25) is 4.90 Å². The molecule has 0 radical (unpaired) electrons. The Bertz CT molecular complexity index is 789. The highest BCUT2D eigenvalue weighted by Gasteiger charge is 2.22. The number of hydrogen-bond donors (Lipinski definition) is 1. The van der Waals surface area contributed by atoms with E-state index in [4.69, 9.17) is 4.74 Å². The van der Waals surface area contributed by atoms with Crippen LogP contribution in [0.2, 0.25) is 0 Å². The molecule has 1 aliphatic rings. The van der Waals surface area contributed by atoms with Crippen molar-refractivity contribution in [2.45, 2.75) is 13.3 Å². The normalized spacial score (nSPS) is 14.9. The predicted octanol–water partition coefficient (Wildman–Crippen LogP) is 3.53. The second-order valence-electron chi connectivity index (χ2n) is 6.80. The van der Waals surface area contributed by atoms with Crippen LogP contribution >= 0.6 is 0 Å². The Balaban J connectivity index is 1.49. The van der Waals surface area contributed by atoms with Crippen molar-refractivity contribution < 1.29 is 13.9 Å². The Morgan fingerprint density at radius 2 is 1.89 bits per heavy atom. The molecule has 1 fully saturated rings. The fraction of sp³-hybridized carbons (Fsp3) is 0.381. The van der Waals surface area contributed by atoms with Gasteiger partial charge in [-0.1, -0.05) is 24.3 Å². The van der Waals surface area contributed by atoms with Crippen LogP contribution in [0.4, 0.5) is 14.9 Å². The van der Waals surface area contributed by atoms with Crippen molar-refractivity contribution in [3.05, 3.63) is 59.4 Å². The lowest BCUT2D eigenvalue weighted by molar-refractivity contribution is 0.148. The van der Waals surface area contributed by atoms with Crippen LogP contribution in [-0.4, -0.2) is 55.7 Å². The Morgan fingerprint density at radius 1 is 1.15 bits per heavy atom. The van der Waals surface area contributed by atoms with Crippen LogP contribution in [0, 0.1) is 12.7 Å². The van der Waals surface area contributed by atoms with Gasteiger partial charge in [0.2, 0.25) is 0 Å². The van der Waals surface area contributed by atoms with Gasteiger partial charge in [0.25, 0.3) is 0 Å². The average molecular weight is 371 g/mol. The Labute approximate surface area is 159 Å². The number of hydrogen-bond acceptors (Lipinski definition) is 3. The fourth-order valence-corrected chi connectivity index (χ4v) is 3.27. The summed E-state index contributed by atoms with van der Waals surface area (Å²) < 4.78 is 19.0. The van der Waals surface area contributed by atoms with Gasteiger partial charge in [0, 0.05) is 32.7 Å². The molecule has 1 N–H and O–H groups in total. The van der Waals surface area contributed by atoms with Crippen molar-refractivity contribution in [1.29, 1.82) is 0 Å². The molecule has 2 aromatic carbocycles. The summed E-state index contributed by atoms with van der Waals surface area (Å²) in [5.41, 5.74) is 2.48. The highest BCUT2D eigenvalue weighted by Crippen LogP contribution is 2.25. The molecular weight excluding hydrogens is 345 g/mol. The Hall–Kier alpha value is -2.60. The number of rotatable bonds is 5. The summed E-state index contributed by atoms with van der Waals surface area (Å²) in [5.74, 6) is 0.500. The van der Waals surface area contributed by atoms with E-state index in [-0.39, 0.29) is 11.8 Å². The van der Waals surface area contributed by atoms with Crippen LogP contribution in [0.3, 0.4) is 0 Å². The number of nitrogens with one attached hydrogen (secondary N) is 1. The molecule has 2 amide bonds. The number of methoxy groups -OCH3 is 1. The van der Waals surface area contributed by atoms with Gasteiger partial charge in [0.15, 0.2) is 0 Å². The third-order valence-electron chi connectivity index (χ3n) is 4.91. The summed E-state index contributed by atoms with van der Waals surface area (Å²) in [6.07, 6.45) is 0.680. The molecule has 5 nitrogen and oxygen atoms in total. The second-order valence-corrected chi connectivity index (χ2v) is 6.80. The molecule has 0 spiro atoms. The van der Waals surface area contributed by atoms with Gasteiger partial charge in [0.1, 0.15) is 11.6 Å². The van der Waals surface area contributed by atoms with Crippen molar-refractivity contribution in [3.8, 4) is 5.75 Å². The summed E-state index contributed by atoms with van der Waals surface area (Å²) in [4.78, 5) is 16.6. The maximum Gasteiger partial charge on any atom is 0.322 e. The summed E-state index contributed by atoms with van der Waals surface area (Å²) in [6, 6.07) is 12.5. The van der Waals surface area contributed by atoms with Gasteiger partial charge in [-0.25, -0.2) is 9.18 Å². The molecule has 6 heteroatoms. The zero-order valence-corrected chi connectivity index (χ0v) is 15.9. The van der Waals surface area contributed by atoms with Crippen LogP contribution < -0.4 is 10.1 Å². The third kappa shape index (κ3) is 4.98. The second kappa shape index (κ2) is 8.86. The summed E-state index contributed by atoms with van der Waals surface area (Å²) >= 11 is 0. The highest BCUT2D eigenvalue weighted by atomic mass is 19.1. The summed E-state index contributed by atoms with van der Waals surface area (Å²) in [5, 5.41) is 2.95. The standard InChI is InChI=1S/C21H26FN3O2/c1-16-7-8-20(27-2)19(15-16)23-21(26)25-13-11-24(12-14-25)10-9-17-5-3-4-6-18(17)22/h3-8,15H,9-14H2,1-2H3,(H,23,26). The van der Waals surface area contributed by atoms with Crippen molar-refractivity contribution in [2.24, 2.45) is 0 Å². The monoisotopic (exact) mass is 371 g/mol. The van der Waals surface area contributed by atoms with Crippen LogP contribution in [0.1, 0.15) is 11.1 Å². The minimum atomic E-state index is -0.150. The number of anilines is 1. The zero-order chi connectivity index (χ0) is 19.2. The van der Waals surface area contributed by atoms with Crippen LogP contribution in [0.15, 0.2) is 42.5 Å². The molecule has 3 rings (SSSR count). The number of piperazine rings is 1. The molecule has 0 unspecified atom stereocenters. The number of urea groups is 1. The van der Waals surface area contributed by atoms with Gasteiger partial charge in [-0.2, -0.15) is 0 Å². The molecule has 0 atom stereocenters. The van der Waals surface area contributed by atoms with Crippen LogP contribution in [-0.2, 0) is 6.42 Å². The minimum Gasteiger partial charge on any atom is -0.495 e. The number of ether oxygens (including phenoxy) is 1. The van der Waals surface area contributed by atoms with E-state index in [9.17, 15) is 9.18 Å². The molecule has 144 valence electrons. The lowest BCUT2D eigenvalue weighted by Crippen LogP contribution is -2.50. The molecule has 1 heterocycles. The molecule has 0 aromatic heterocycles. The van der Waals surface area contributed by atoms with E-state index in [1.54, 1.807) is 18.1 Å². The molecule has 0 saturated carbocycles. The Morgan fingerprint density at radius 3 is 2.59 bits per heavy atom. The Kier molecular flexibility index (Phi) is 6.29. The number of carbonyl (C=O) groups is 1. The molecule has 1 aliphatic heterocycles. The van der Waals surface area contributed by atoms with Gasteiger partial charge >= 0.3 is 6.03 Å². The SMILES string of the molecule is COc1ccc(C)cc1NC(=O)N1CCN(CCc2ccccc2F)CC1. The minimum absolute atomic E-state index is 0.118. The van der Waals surface area contributed by atoms with Gasteiger partial charge in [-0.05, 0) is 42.7 Å². The third-order valence-corrected chi connectivity index (χ3v) is 4.91. The first-order chi connectivity index (χ1) is 13.1. The van der Waals surface area contributed by atoms with Gasteiger partial charge in [-0.15, -0.1) is 0 Å². The first-order valence-corrected chi connectivity index (χ1v) is 9.23. The number of carbonyl (C=O) groups excluding carboxylic acids is 1. The maximum absolute atomic E-state index is 13.7. The van der Waals surface area contributed by atoms with E-state index in [0.717, 1.165) is 30.8 Å². The molecule has 1 saturated heterocycles. The number of nitrogens with zero attached hydrogens (tertiary/aromatic N) is 2.